The zero-order valence-corrected chi connectivity index (χ0v) is 11.6. The van der Waals surface area contributed by atoms with Crippen molar-refractivity contribution < 1.29 is 9.90 Å². The van der Waals surface area contributed by atoms with Gasteiger partial charge in [-0.05, 0) is 43.9 Å². The molecule has 2 aromatic rings. The summed E-state index contributed by atoms with van der Waals surface area (Å²) in [6, 6.07) is 5.31. The number of rotatable bonds is 4. The third kappa shape index (κ3) is 2.16. The standard InChI is InChI=1S/C14H18N4O2/c1-14(8-19,10-4-5-10)15-13(20)9-3-6-12-11(7-9)16-17-18(12)2/h3,6-7,10,19H,4-5,8H2,1-2H3,(H,15,20). The molecule has 1 amide bonds. The zero-order valence-electron chi connectivity index (χ0n) is 11.6. The summed E-state index contributed by atoms with van der Waals surface area (Å²) in [5.41, 5.74) is 1.58. The number of carbonyl (C=O) groups is 1. The van der Waals surface area contributed by atoms with Crippen LogP contribution in [-0.4, -0.2) is 38.2 Å². The molecule has 1 aromatic heterocycles. The number of carbonyl (C=O) groups excluding carboxylic acids is 1. The van der Waals surface area contributed by atoms with Crippen LogP contribution in [0.15, 0.2) is 18.2 Å². The minimum Gasteiger partial charge on any atom is -0.394 e. The van der Waals surface area contributed by atoms with E-state index in [0.29, 0.717) is 17.0 Å². The fourth-order valence-electron chi connectivity index (χ4n) is 2.50. The number of amides is 1. The zero-order chi connectivity index (χ0) is 14.3. The Balaban J connectivity index is 1.84. The van der Waals surface area contributed by atoms with E-state index in [2.05, 4.69) is 15.6 Å². The molecule has 1 heterocycles. The SMILES string of the molecule is Cn1nnc2cc(C(=O)NC(C)(CO)C3CC3)ccc21. The van der Waals surface area contributed by atoms with Gasteiger partial charge in [-0.2, -0.15) is 0 Å². The first-order valence-electron chi connectivity index (χ1n) is 6.76. The first-order chi connectivity index (χ1) is 9.53. The number of benzene rings is 1. The molecule has 1 aromatic carbocycles. The van der Waals surface area contributed by atoms with Crippen molar-refractivity contribution in [1.29, 1.82) is 0 Å². The van der Waals surface area contributed by atoms with E-state index in [9.17, 15) is 9.90 Å². The van der Waals surface area contributed by atoms with Crippen molar-refractivity contribution in [2.24, 2.45) is 13.0 Å². The molecule has 0 radical (unpaired) electrons. The molecule has 1 fully saturated rings. The lowest BCUT2D eigenvalue weighted by Crippen LogP contribution is -2.50. The molecule has 1 atom stereocenters. The van der Waals surface area contributed by atoms with E-state index < -0.39 is 5.54 Å². The Hall–Kier alpha value is -1.95. The average molecular weight is 274 g/mol. The molecule has 1 saturated carbocycles. The fourth-order valence-corrected chi connectivity index (χ4v) is 2.50. The number of hydrogen-bond donors (Lipinski definition) is 2. The third-order valence-electron chi connectivity index (χ3n) is 4.08. The molecule has 1 aliphatic carbocycles. The van der Waals surface area contributed by atoms with Crippen LogP contribution in [0.4, 0.5) is 0 Å². The molecule has 106 valence electrons. The van der Waals surface area contributed by atoms with E-state index in [-0.39, 0.29) is 12.5 Å². The summed E-state index contributed by atoms with van der Waals surface area (Å²) in [4.78, 5) is 12.3. The number of aliphatic hydroxyl groups excluding tert-OH is 1. The first kappa shape index (κ1) is 13.1. The highest BCUT2D eigenvalue weighted by atomic mass is 16.3. The van der Waals surface area contributed by atoms with Crippen LogP contribution in [-0.2, 0) is 7.05 Å². The van der Waals surface area contributed by atoms with Gasteiger partial charge in [0.2, 0.25) is 0 Å². The van der Waals surface area contributed by atoms with Crippen molar-refractivity contribution >= 4 is 16.9 Å². The third-order valence-corrected chi connectivity index (χ3v) is 4.08. The van der Waals surface area contributed by atoms with Crippen LogP contribution in [0.3, 0.4) is 0 Å². The number of nitrogens with zero attached hydrogens (tertiary/aromatic N) is 3. The largest absolute Gasteiger partial charge is 0.394 e. The molecule has 3 rings (SSSR count). The van der Waals surface area contributed by atoms with Crippen molar-refractivity contribution in [1.82, 2.24) is 20.3 Å². The monoisotopic (exact) mass is 274 g/mol. The van der Waals surface area contributed by atoms with Gasteiger partial charge in [0.1, 0.15) is 5.52 Å². The normalized spacial score (nSPS) is 17.9. The van der Waals surface area contributed by atoms with E-state index in [4.69, 9.17) is 0 Å². The second-order valence-electron chi connectivity index (χ2n) is 5.72. The number of aryl methyl sites for hydroxylation is 1. The van der Waals surface area contributed by atoms with Crippen LogP contribution in [0.2, 0.25) is 0 Å². The Labute approximate surface area is 116 Å². The van der Waals surface area contributed by atoms with Crippen LogP contribution in [0.1, 0.15) is 30.1 Å². The predicted octanol–water partition coefficient (Wildman–Crippen LogP) is 0.859. The summed E-state index contributed by atoms with van der Waals surface area (Å²) in [6.45, 7) is 1.85. The Morgan fingerprint density at radius 2 is 2.30 bits per heavy atom. The molecule has 6 nitrogen and oxygen atoms in total. The van der Waals surface area contributed by atoms with Gasteiger partial charge in [0.25, 0.3) is 5.91 Å². The van der Waals surface area contributed by atoms with Crippen molar-refractivity contribution in [2.45, 2.75) is 25.3 Å². The second kappa shape index (κ2) is 4.56. The number of nitrogens with one attached hydrogen (secondary N) is 1. The lowest BCUT2D eigenvalue weighted by molar-refractivity contribution is 0.0824. The minimum atomic E-state index is -0.533. The number of fused-ring (bicyclic) bond motifs is 1. The quantitative estimate of drug-likeness (QED) is 0.866. The molecule has 1 aliphatic rings. The van der Waals surface area contributed by atoms with Crippen molar-refractivity contribution in [3.05, 3.63) is 23.8 Å². The summed E-state index contributed by atoms with van der Waals surface area (Å²) in [6.07, 6.45) is 2.11. The Kier molecular flexibility index (Phi) is 2.97. The lowest BCUT2D eigenvalue weighted by Gasteiger charge is -2.28. The molecule has 20 heavy (non-hydrogen) atoms. The molecule has 0 aliphatic heterocycles. The van der Waals surface area contributed by atoms with E-state index >= 15 is 0 Å². The molecule has 0 saturated heterocycles. The molecule has 0 spiro atoms. The van der Waals surface area contributed by atoms with Gasteiger partial charge >= 0.3 is 0 Å². The van der Waals surface area contributed by atoms with Crippen molar-refractivity contribution in [3.63, 3.8) is 0 Å². The maximum absolute atomic E-state index is 12.3. The molecular formula is C14H18N4O2. The van der Waals surface area contributed by atoms with Gasteiger partial charge in [0, 0.05) is 12.6 Å². The highest BCUT2D eigenvalue weighted by Gasteiger charge is 2.42. The lowest BCUT2D eigenvalue weighted by atomic mass is 9.96. The van der Waals surface area contributed by atoms with Gasteiger partial charge in [-0.25, -0.2) is 4.68 Å². The Bertz CT molecular complexity index is 662. The van der Waals surface area contributed by atoms with E-state index in [0.717, 1.165) is 18.4 Å². The molecule has 2 N–H and O–H groups in total. The van der Waals surface area contributed by atoms with Crippen LogP contribution >= 0.6 is 0 Å². The van der Waals surface area contributed by atoms with Crippen molar-refractivity contribution in [3.8, 4) is 0 Å². The predicted molar refractivity (Wildman–Crippen MR) is 74.2 cm³/mol. The number of aromatic nitrogens is 3. The molecular weight excluding hydrogens is 256 g/mol. The van der Waals surface area contributed by atoms with Crippen LogP contribution in [0.5, 0.6) is 0 Å². The van der Waals surface area contributed by atoms with Gasteiger partial charge in [-0.3, -0.25) is 4.79 Å². The molecule has 1 unspecified atom stereocenters. The van der Waals surface area contributed by atoms with Crippen LogP contribution in [0, 0.1) is 5.92 Å². The highest BCUT2D eigenvalue weighted by molar-refractivity contribution is 5.97. The average Bonchev–Trinajstić information content (AvgIpc) is 3.24. The first-order valence-corrected chi connectivity index (χ1v) is 6.76. The van der Waals surface area contributed by atoms with Gasteiger partial charge in [0.05, 0.1) is 17.7 Å². The van der Waals surface area contributed by atoms with E-state index in [1.54, 1.807) is 16.8 Å². The Morgan fingerprint density at radius 3 is 2.95 bits per heavy atom. The smallest absolute Gasteiger partial charge is 0.251 e. The summed E-state index contributed by atoms with van der Waals surface area (Å²) in [5.74, 6) is 0.192. The summed E-state index contributed by atoms with van der Waals surface area (Å²) < 4.78 is 1.67. The van der Waals surface area contributed by atoms with Gasteiger partial charge in [-0.1, -0.05) is 5.21 Å². The maximum Gasteiger partial charge on any atom is 0.251 e. The number of hydrogen-bond acceptors (Lipinski definition) is 4. The maximum atomic E-state index is 12.3. The topological polar surface area (TPSA) is 80.0 Å². The minimum absolute atomic E-state index is 0.0448. The second-order valence-corrected chi connectivity index (χ2v) is 5.72. The molecule has 6 heteroatoms. The number of aliphatic hydroxyl groups is 1. The van der Waals surface area contributed by atoms with Gasteiger partial charge in [0.15, 0.2) is 0 Å². The summed E-state index contributed by atoms with van der Waals surface area (Å²) in [5, 5.41) is 20.4. The van der Waals surface area contributed by atoms with E-state index in [1.165, 1.54) is 0 Å². The summed E-state index contributed by atoms with van der Waals surface area (Å²) >= 11 is 0. The highest BCUT2D eigenvalue weighted by Crippen LogP contribution is 2.39. The van der Waals surface area contributed by atoms with Crippen LogP contribution in [0.25, 0.3) is 11.0 Å². The summed E-state index contributed by atoms with van der Waals surface area (Å²) in [7, 11) is 1.81. The van der Waals surface area contributed by atoms with Crippen molar-refractivity contribution in [2.75, 3.05) is 6.61 Å². The fraction of sp³-hybridized carbons (Fsp3) is 0.500. The van der Waals surface area contributed by atoms with Gasteiger partial charge in [-0.15, -0.1) is 5.10 Å². The van der Waals surface area contributed by atoms with E-state index in [1.807, 2.05) is 20.0 Å². The Morgan fingerprint density at radius 1 is 1.55 bits per heavy atom. The van der Waals surface area contributed by atoms with Gasteiger partial charge < -0.3 is 10.4 Å². The van der Waals surface area contributed by atoms with Crippen LogP contribution < -0.4 is 5.32 Å². The molecule has 0 bridgehead atoms.